The molecule has 2 aliphatic rings. The average molecular weight is 363 g/mol. The van der Waals surface area contributed by atoms with Crippen LogP contribution in [-0.2, 0) is 24.3 Å². The molecule has 5 nitrogen and oxygen atoms in total. The maximum Gasteiger partial charge on any atom is 0.255 e. The van der Waals surface area contributed by atoms with E-state index in [4.69, 9.17) is 0 Å². The highest BCUT2D eigenvalue weighted by molar-refractivity contribution is 6.04. The Morgan fingerprint density at radius 1 is 1.07 bits per heavy atom. The molecule has 1 fully saturated rings. The Morgan fingerprint density at radius 2 is 1.93 bits per heavy atom. The number of anilines is 1. The molecular weight excluding hydrogens is 338 g/mol. The minimum absolute atomic E-state index is 0.102. The lowest BCUT2D eigenvalue weighted by Gasteiger charge is -2.26. The number of carbonyl (C=O) groups is 2. The molecular formula is C22H25N3O2. The van der Waals surface area contributed by atoms with E-state index < -0.39 is 0 Å². The molecule has 5 heteroatoms. The van der Waals surface area contributed by atoms with Crippen LogP contribution in [0.1, 0.15) is 46.3 Å². The van der Waals surface area contributed by atoms with Gasteiger partial charge in [0.25, 0.3) is 5.91 Å². The zero-order valence-corrected chi connectivity index (χ0v) is 15.5. The van der Waals surface area contributed by atoms with Gasteiger partial charge in [0, 0.05) is 37.3 Å². The first-order chi connectivity index (χ1) is 13.2. The summed E-state index contributed by atoms with van der Waals surface area (Å²) in [6, 6.07) is 13.7. The van der Waals surface area contributed by atoms with E-state index in [-0.39, 0.29) is 11.8 Å². The van der Waals surface area contributed by atoms with Gasteiger partial charge in [-0.3, -0.25) is 9.59 Å². The van der Waals surface area contributed by atoms with Gasteiger partial charge in [-0.2, -0.15) is 0 Å². The third-order valence-electron chi connectivity index (χ3n) is 5.41. The van der Waals surface area contributed by atoms with Gasteiger partial charge in [0.05, 0.1) is 0 Å². The van der Waals surface area contributed by atoms with E-state index in [9.17, 15) is 9.59 Å². The molecule has 0 atom stereocenters. The molecule has 1 saturated heterocycles. The van der Waals surface area contributed by atoms with E-state index in [1.54, 1.807) is 0 Å². The molecule has 0 radical (unpaired) electrons. The number of benzene rings is 2. The Morgan fingerprint density at radius 3 is 2.74 bits per heavy atom. The summed E-state index contributed by atoms with van der Waals surface area (Å²) in [5.74, 6) is 0.125. The number of nitrogens with one attached hydrogen (secondary N) is 2. The summed E-state index contributed by atoms with van der Waals surface area (Å²) in [6.07, 6.45) is 3.70. The van der Waals surface area contributed by atoms with Crippen molar-refractivity contribution in [1.29, 1.82) is 0 Å². The quantitative estimate of drug-likeness (QED) is 0.877. The summed E-state index contributed by atoms with van der Waals surface area (Å²) in [5, 5.41) is 6.41. The predicted octanol–water partition coefficient (Wildman–Crippen LogP) is 3.10. The largest absolute Gasteiger partial charge is 0.338 e. The summed E-state index contributed by atoms with van der Waals surface area (Å²) in [6.45, 7) is 3.22. The lowest BCUT2D eigenvalue weighted by atomic mass is 9.99. The second-order valence-electron chi connectivity index (χ2n) is 7.29. The summed E-state index contributed by atoms with van der Waals surface area (Å²) in [5.41, 5.74) is 5.05. The lowest BCUT2D eigenvalue weighted by molar-refractivity contribution is -0.133. The Bertz CT molecular complexity index is 845. The van der Waals surface area contributed by atoms with Crippen LogP contribution >= 0.6 is 0 Å². The molecule has 2 amide bonds. The number of hydrogen-bond acceptors (Lipinski definition) is 3. The summed E-state index contributed by atoms with van der Waals surface area (Å²) in [7, 11) is 0. The third kappa shape index (κ3) is 4.03. The minimum Gasteiger partial charge on any atom is -0.338 e. The Kier molecular flexibility index (Phi) is 5.21. The normalized spacial score (nSPS) is 16.7. The van der Waals surface area contributed by atoms with Gasteiger partial charge in [-0.25, -0.2) is 0 Å². The average Bonchev–Trinajstić information content (AvgIpc) is 2.70. The molecule has 2 aliphatic heterocycles. The van der Waals surface area contributed by atoms with Crippen LogP contribution in [0.25, 0.3) is 0 Å². The van der Waals surface area contributed by atoms with Gasteiger partial charge < -0.3 is 15.5 Å². The number of hydrogen-bond donors (Lipinski definition) is 2. The Balaban J connectivity index is 1.43. The highest BCUT2D eigenvalue weighted by atomic mass is 16.2. The fourth-order valence-corrected chi connectivity index (χ4v) is 3.84. The molecule has 2 aromatic rings. The van der Waals surface area contributed by atoms with Crippen LogP contribution in [0, 0.1) is 0 Å². The second-order valence-corrected chi connectivity index (χ2v) is 7.29. The maximum atomic E-state index is 12.7. The Labute approximate surface area is 159 Å². The van der Waals surface area contributed by atoms with E-state index in [1.807, 2.05) is 41.3 Å². The van der Waals surface area contributed by atoms with E-state index in [2.05, 4.69) is 16.7 Å². The van der Waals surface area contributed by atoms with Crippen molar-refractivity contribution in [2.45, 2.75) is 38.8 Å². The first-order valence-electron chi connectivity index (χ1n) is 9.70. The van der Waals surface area contributed by atoms with Crippen molar-refractivity contribution in [2.75, 3.05) is 18.4 Å². The zero-order valence-electron chi connectivity index (χ0n) is 15.5. The fourth-order valence-electron chi connectivity index (χ4n) is 3.84. The molecule has 4 rings (SSSR count). The second kappa shape index (κ2) is 7.92. The molecule has 2 aromatic carbocycles. The van der Waals surface area contributed by atoms with E-state index >= 15 is 0 Å². The van der Waals surface area contributed by atoms with Gasteiger partial charge in [0.1, 0.15) is 0 Å². The molecule has 2 heterocycles. The van der Waals surface area contributed by atoms with Crippen molar-refractivity contribution in [3.05, 3.63) is 64.7 Å². The van der Waals surface area contributed by atoms with Crippen molar-refractivity contribution >= 4 is 17.5 Å². The highest BCUT2D eigenvalue weighted by Crippen LogP contribution is 2.23. The molecule has 140 valence electrons. The monoisotopic (exact) mass is 363 g/mol. The lowest BCUT2D eigenvalue weighted by Crippen LogP contribution is -2.34. The van der Waals surface area contributed by atoms with Crippen molar-refractivity contribution < 1.29 is 9.59 Å². The highest BCUT2D eigenvalue weighted by Gasteiger charge is 2.18. The smallest absolute Gasteiger partial charge is 0.255 e. The predicted molar refractivity (Wildman–Crippen MR) is 106 cm³/mol. The van der Waals surface area contributed by atoms with Gasteiger partial charge in [0.15, 0.2) is 0 Å². The number of rotatable bonds is 4. The molecule has 2 N–H and O–H groups in total. The molecule has 0 spiro atoms. The standard InChI is InChI=1S/C22H25N3O2/c26-21-6-1-2-13-25(21)15-16-7-9-18(10-8-16)22(27)24-20-5-3-4-17-11-12-23-14-19(17)20/h3-5,7-10,23H,1-2,6,11-15H2,(H,24,27). The van der Waals surface area contributed by atoms with Gasteiger partial charge in [-0.1, -0.05) is 24.3 Å². The number of nitrogens with zero attached hydrogens (tertiary/aromatic N) is 1. The SMILES string of the molecule is O=C(Nc1cccc2c1CNCC2)c1ccc(CN2CCCCC2=O)cc1. The van der Waals surface area contributed by atoms with Gasteiger partial charge >= 0.3 is 0 Å². The number of carbonyl (C=O) groups excluding carboxylic acids is 2. The van der Waals surface area contributed by atoms with Crippen molar-refractivity contribution in [1.82, 2.24) is 10.2 Å². The van der Waals surface area contributed by atoms with Gasteiger partial charge in [0.2, 0.25) is 5.91 Å². The van der Waals surface area contributed by atoms with Gasteiger partial charge in [-0.05, 0) is 60.7 Å². The number of fused-ring (bicyclic) bond motifs is 1. The first kappa shape index (κ1) is 17.7. The van der Waals surface area contributed by atoms with Crippen LogP contribution in [0.4, 0.5) is 5.69 Å². The van der Waals surface area contributed by atoms with Crippen LogP contribution in [0.5, 0.6) is 0 Å². The van der Waals surface area contributed by atoms with E-state index in [0.29, 0.717) is 18.5 Å². The maximum absolute atomic E-state index is 12.7. The van der Waals surface area contributed by atoms with Crippen LogP contribution in [0.2, 0.25) is 0 Å². The Hall–Kier alpha value is -2.66. The van der Waals surface area contributed by atoms with Crippen LogP contribution in [0.15, 0.2) is 42.5 Å². The van der Waals surface area contributed by atoms with Crippen molar-refractivity contribution in [3.8, 4) is 0 Å². The summed E-state index contributed by atoms with van der Waals surface area (Å²) >= 11 is 0. The summed E-state index contributed by atoms with van der Waals surface area (Å²) < 4.78 is 0. The van der Waals surface area contributed by atoms with Crippen LogP contribution in [-0.4, -0.2) is 29.8 Å². The molecule has 0 bridgehead atoms. The molecule has 0 aliphatic carbocycles. The first-order valence-corrected chi connectivity index (χ1v) is 9.70. The van der Waals surface area contributed by atoms with E-state index in [0.717, 1.165) is 50.1 Å². The van der Waals surface area contributed by atoms with Gasteiger partial charge in [-0.15, -0.1) is 0 Å². The summed E-state index contributed by atoms with van der Waals surface area (Å²) in [4.78, 5) is 26.5. The molecule has 27 heavy (non-hydrogen) atoms. The zero-order chi connectivity index (χ0) is 18.6. The van der Waals surface area contributed by atoms with Crippen molar-refractivity contribution in [2.24, 2.45) is 0 Å². The molecule has 0 aromatic heterocycles. The fraction of sp³-hybridized carbons (Fsp3) is 0.364. The number of likely N-dealkylation sites (tertiary alicyclic amines) is 1. The van der Waals surface area contributed by atoms with Crippen LogP contribution < -0.4 is 10.6 Å². The molecule has 0 unspecified atom stereocenters. The van der Waals surface area contributed by atoms with Crippen LogP contribution in [0.3, 0.4) is 0 Å². The minimum atomic E-state index is -0.102. The van der Waals surface area contributed by atoms with Crippen molar-refractivity contribution in [3.63, 3.8) is 0 Å². The van der Waals surface area contributed by atoms with E-state index in [1.165, 1.54) is 11.1 Å². The topological polar surface area (TPSA) is 61.4 Å². The third-order valence-corrected chi connectivity index (χ3v) is 5.41. The number of amides is 2. The number of piperidine rings is 1. The molecule has 0 saturated carbocycles.